The summed E-state index contributed by atoms with van der Waals surface area (Å²) >= 11 is 0. The average Bonchev–Trinajstić information content (AvgIpc) is 2.18. The molecule has 4 heteroatoms. The van der Waals surface area contributed by atoms with Crippen molar-refractivity contribution < 1.29 is 9.84 Å². The molecule has 3 N–H and O–H groups in total. The normalized spacial score (nSPS) is 12.5. The molecule has 0 spiro atoms. The SMILES string of the molecule is COc1cccnc1[C@H](O)CCN. The second-order valence-corrected chi connectivity index (χ2v) is 2.68. The number of aliphatic hydroxyl groups excluding tert-OH is 1. The van der Waals surface area contributed by atoms with Gasteiger partial charge in [0, 0.05) is 6.20 Å². The molecule has 4 nitrogen and oxygen atoms in total. The minimum atomic E-state index is -0.638. The summed E-state index contributed by atoms with van der Waals surface area (Å²) in [6.45, 7) is 0.431. The Hall–Kier alpha value is -1.13. The lowest BCUT2D eigenvalue weighted by molar-refractivity contribution is 0.161. The monoisotopic (exact) mass is 182 g/mol. The summed E-state index contributed by atoms with van der Waals surface area (Å²) in [6, 6.07) is 3.53. The van der Waals surface area contributed by atoms with Crippen LogP contribution in [0.4, 0.5) is 0 Å². The van der Waals surface area contributed by atoms with Crippen molar-refractivity contribution in [2.24, 2.45) is 5.73 Å². The molecule has 1 rings (SSSR count). The van der Waals surface area contributed by atoms with E-state index in [1.165, 1.54) is 0 Å². The first kappa shape index (κ1) is 9.95. The quantitative estimate of drug-likeness (QED) is 0.710. The van der Waals surface area contributed by atoms with Gasteiger partial charge in [-0.25, -0.2) is 0 Å². The lowest BCUT2D eigenvalue weighted by Crippen LogP contribution is -2.09. The molecular formula is C9H14N2O2. The fraction of sp³-hybridized carbons (Fsp3) is 0.444. The highest BCUT2D eigenvalue weighted by atomic mass is 16.5. The Morgan fingerprint density at radius 1 is 1.69 bits per heavy atom. The van der Waals surface area contributed by atoms with E-state index in [0.29, 0.717) is 24.4 Å². The van der Waals surface area contributed by atoms with E-state index in [2.05, 4.69) is 4.98 Å². The Morgan fingerprint density at radius 2 is 2.46 bits per heavy atom. The Kier molecular flexibility index (Phi) is 3.67. The summed E-state index contributed by atoms with van der Waals surface area (Å²) in [6.07, 6.45) is 1.48. The molecular weight excluding hydrogens is 168 g/mol. The first-order chi connectivity index (χ1) is 6.29. The van der Waals surface area contributed by atoms with E-state index >= 15 is 0 Å². The van der Waals surface area contributed by atoms with Gasteiger partial charge in [-0.3, -0.25) is 4.98 Å². The molecule has 0 saturated heterocycles. The maximum atomic E-state index is 9.61. The molecule has 0 aliphatic rings. The van der Waals surface area contributed by atoms with Gasteiger partial charge in [-0.2, -0.15) is 0 Å². The Balaban J connectivity index is 2.85. The largest absolute Gasteiger partial charge is 0.495 e. The summed E-state index contributed by atoms with van der Waals surface area (Å²) in [5.41, 5.74) is 5.88. The fourth-order valence-electron chi connectivity index (χ4n) is 1.12. The Morgan fingerprint density at radius 3 is 3.08 bits per heavy atom. The second-order valence-electron chi connectivity index (χ2n) is 2.68. The zero-order valence-electron chi connectivity index (χ0n) is 7.60. The number of pyridine rings is 1. The van der Waals surface area contributed by atoms with Gasteiger partial charge in [0.2, 0.25) is 0 Å². The number of aromatic nitrogens is 1. The number of ether oxygens (including phenoxy) is 1. The number of aliphatic hydroxyl groups is 1. The van der Waals surface area contributed by atoms with Crippen LogP contribution in [0.3, 0.4) is 0 Å². The number of hydrogen-bond donors (Lipinski definition) is 2. The van der Waals surface area contributed by atoms with Crippen LogP contribution < -0.4 is 10.5 Å². The zero-order chi connectivity index (χ0) is 9.68. The molecule has 13 heavy (non-hydrogen) atoms. The molecule has 1 atom stereocenters. The van der Waals surface area contributed by atoms with Crippen LogP contribution in [-0.2, 0) is 0 Å². The third kappa shape index (κ3) is 2.40. The smallest absolute Gasteiger partial charge is 0.143 e. The van der Waals surface area contributed by atoms with E-state index in [1.54, 1.807) is 25.4 Å². The van der Waals surface area contributed by atoms with Gasteiger partial charge in [0.15, 0.2) is 0 Å². The topological polar surface area (TPSA) is 68.4 Å². The third-order valence-electron chi connectivity index (χ3n) is 1.78. The lowest BCUT2D eigenvalue weighted by atomic mass is 10.1. The molecule has 72 valence electrons. The van der Waals surface area contributed by atoms with Gasteiger partial charge < -0.3 is 15.6 Å². The molecule has 0 radical (unpaired) electrons. The van der Waals surface area contributed by atoms with Crippen LogP contribution >= 0.6 is 0 Å². The van der Waals surface area contributed by atoms with E-state index in [-0.39, 0.29) is 0 Å². The first-order valence-corrected chi connectivity index (χ1v) is 4.16. The Labute approximate surface area is 77.4 Å². The van der Waals surface area contributed by atoms with Gasteiger partial charge in [-0.15, -0.1) is 0 Å². The summed E-state index contributed by atoms with van der Waals surface area (Å²) in [5.74, 6) is 0.600. The van der Waals surface area contributed by atoms with Gasteiger partial charge >= 0.3 is 0 Å². The highest BCUT2D eigenvalue weighted by molar-refractivity contribution is 5.28. The third-order valence-corrected chi connectivity index (χ3v) is 1.78. The van der Waals surface area contributed by atoms with Crippen molar-refractivity contribution in [3.63, 3.8) is 0 Å². The molecule has 0 aliphatic heterocycles. The van der Waals surface area contributed by atoms with Crippen molar-refractivity contribution in [2.75, 3.05) is 13.7 Å². The fourth-order valence-corrected chi connectivity index (χ4v) is 1.12. The number of nitrogens with two attached hydrogens (primary N) is 1. The van der Waals surface area contributed by atoms with Crippen LogP contribution in [0.2, 0.25) is 0 Å². The van der Waals surface area contributed by atoms with Crippen LogP contribution in [0.25, 0.3) is 0 Å². The van der Waals surface area contributed by atoms with Crippen LogP contribution in [0, 0.1) is 0 Å². The van der Waals surface area contributed by atoms with Crippen molar-refractivity contribution in [3.8, 4) is 5.75 Å². The summed E-state index contributed by atoms with van der Waals surface area (Å²) in [5, 5.41) is 9.61. The van der Waals surface area contributed by atoms with Crippen LogP contribution in [0.15, 0.2) is 18.3 Å². The molecule has 0 saturated carbocycles. The molecule has 0 bridgehead atoms. The zero-order valence-corrected chi connectivity index (χ0v) is 7.60. The Bertz CT molecular complexity index is 266. The van der Waals surface area contributed by atoms with E-state index < -0.39 is 6.10 Å². The minimum absolute atomic E-state index is 0.431. The summed E-state index contributed by atoms with van der Waals surface area (Å²) in [7, 11) is 1.55. The van der Waals surface area contributed by atoms with Gasteiger partial charge in [-0.05, 0) is 25.1 Å². The minimum Gasteiger partial charge on any atom is -0.495 e. The second kappa shape index (κ2) is 4.79. The van der Waals surface area contributed by atoms with Crippen LogP contribution in [-0.4, -0.2) is 23.7 Å². The predicted molar refractivity (Wildman–Crippen MR) is 49.4 cm³/mol. The molecule has 0 amide bonds. The molecule has 0 fully saturated rings. The van der Waals surface area contributed by atoms with Gasteiger partial charge in [-0.1, -0.05) is 0 Å². The van der Waals surface area contributed by atoms with Gasteiger partial charge in [0.25, 0.3) is 0 Å². The first-order valence-electron chi connectivity index (χ1n) is 4.16. The summed E-state index contributed by atoms with van der Waals surface area (Å²) < 4.78 is 5.05. The summed E-state index contributed by atoms with van der Waals surface area (Å²) in [4.78, 5) is 4.04. The molecule has 0 unspecified atom stereocenters. The van der Waals surface area contributed by atoms with Gasteiger partial charge in [0.1, 0.15) is 17.5 Å². The van der Waals surface area contributed by atoms with E-state index in [9.17, 15) is 5.11 Å². The lowest BCUT2D eigenvalue weighted by Gasteiger charge is -2.11. The maximum absolute atomic E-state index is 9.61. The van der Waals surface area contributed by atoms with Crippen LogP contribution in [0.1, 0.15) is 18.2 Å². The number of methoxy groups -OCH3 is 1. The van der Waals surface area contributed by atoms with Crippen molar-refractivity contribution >= 4 is 0 Å². The standard InChI is InChI=1S/C9H14N2O2/c1-13-8-3-2-6-11-9(8)7(12)4-5-10/h2-3,6-7,12H,4-5,10H2,1H3/t7-/m1/s1. The number of hydrogen-bond acceptors (Lipinski definition) is 4. The van der Waals surface area contributed by atoms with E-state index in [4.69, 9.17) is 10.5 Å². The molecule has 0 aromatic carbocycles. The maximum Gasteiger partial charge on any atom is 0.143 e. The highest BCUT2D eigenvalue weighted by Crippen LogP contribution is 2.23. The molecule has 1 aromatic heterocycles. The molecule has 1 heterocycles. The van der Waals surface area contributed by atoms with Gasteiger partial charge in [0.05, 0.1) is 7.11 Å². The van der Waals surface area contributed by atoms with Crippen molar-refractivity contribution in [1.29, 1.82) is 0 Å². The molecule has 0 aliphatic carbocycles. The van der Waals surface area contributed by atoms with Crippen molar-refractivity contribution in [3.05, 3.63) is 24.0 Å². The molecule has 1 aromatic rings. The number of rotatable bonds is 4. The highest BCUT2D eigenvalue weighted by Gasteiger charge is 2.12. The number of nitrogens with zero attached hydrogens (tertiary/aromatic N) is 1. The predicted octanol–water partition coefficient (Wildman–Crippen LogP) is 0.472. The van der Waals surface area contributed by atoms with Crippen LogP contribution in [0.5, 0.6) is 5.75 Å². The van der Waals surface area contributed by atoms with Crippen molar-refractivity contribution in [1.82, 2.24) is 4.98 Å². The van der Waals surface area contributed by atoms with Crippen molar-refractivity contribution in [2.45, 2.75) is 12.5 Å². The average molecular weight is 182 g/mol. The van der Waals surface area contributed by atoms with E-state index in [0.717, 1.165) is 0 Å². The van der Waals surface area contributed by atoms with E-state index in [1.807, 2.05) is 0 Å².